The summed E-state index contributed by atoms with van der Waals surface area (Å²) in [6.45, 7) is 2.14. The van der Waals surface area contributed by atoms with Crippen molar-refractivity contribution in [1.82, 2.24) is 4.98 Å². The van der Waals surface area contributed by atoms with Crippen molar-refractivity contribution >= 4 is 40.2 Å². The van der Waals surface area contributed by atoms with Gasteiger partial charge in [-0.15, -0.1) is 11.3 Å². The fourth-order valence-electron chi connectivity index (χ4n) is 2.47. The molecular weight excluding hydrogens is 347 g/mol. The molecule has 3 aromatic rings. The van der Waals surface area contributed by atoms with Gasteiger partial charge in [0.1, 0.15) is 0 Å². The molecule has 1 aromatic heterocycles. The lowest BCUT2D eigenvalue weighted by Crippen LogP contribution is -2.00. The Bertz CT molecular complexity index is 792. The number of hydrogen-bond acceptors (Lipinski definition) is 3. The maximum Gasteiger partial charge on any atom is 0.0964 e. The molecule has 0 aliphatic rings. The molecule has 0 saturated carbocycles. The summed E-state index contributed by atoms with van der Waals surface area (Å²) in [5.41, 5.74) is 9.40. The average molecular weight is 363 g/mol. The van der Waals surface area contributed by atoms with Crippen molar-refractivity contribution in [3.63, 3.8) is 0 Å². The predicted octanol–water partition coefficient (Wildman–Crippen LogP) is 6.05. The Morgan fingerprint density at radius 1 is 1.13 bits per heavy atom. The highest BCUT2D eigenvalue weighted by atomic mass is 35.5. The maximum absolute atomic E-state index is 6.29. The van der Waals surface area contributed by atoms with Crippen molar-refractivity contribution < 1.29 is 0 Å². The Labute approximate surface area is 149 Å². The van der Waals surface area contributed by atoms with E-state index in [2.05, 4.69) is 24.4 Å². The molecular formula is C18H16Cl2N2S. The zero-order valence-electron chi connectivity index (χ0n) is 12.6. The maximum atomic E-state index is 6.29. The Balaban J connectivity index is 1.82. The Morgan fingerprint density at radius 2 is 1.78 bits per heavy atom. The molecule has 0 radical (unpaired) electrons. The van der Waals surface area contributed by atoms with Crippen LogP contribution in [-0.4, -0.2) is 4.98 Å². The van der Waals surface area contributed by atoms with Gasteiger partial charge in [0.2, 0.25) is 0 Å². The lowest BCUT2D eigenvalue weighted by molar-refractivity contribution is 0.752. The Kier molecular flexibility index (Phi) is 4.90. The molecule has 2 N–H and O–H groups in total. The van der Waals surface area contributed by atoms with Crippen molar-refractivity contribution in [2.24, 2.45) is 0 Å². The number of benzene rings is 2. The van der Waals surface area contributed by atoms with Crippen LogP contribution in [0.25, 0.3) is 11.3 Å². The summed E-state index contributed by atoms with van der Waals surface area (Å²) >= 11 is 14.2. The molecule has 1 heterocycles. The number of thiazole rings is 1. The van der Waals surface area contributed by atoms with Gasteiger partial charge in [-0.3, -0.25) is 0 Å². The van der Waals surface area contributed by atoms with Crippen LogP contribution >= 0.6 is 34.5 Å². The van der Waals surface area contributed by atoms with Crippen molar-refractivity contribution in [3.8, 4) is 11.3 Å². The lowest BCUT2D eigenvalue weighted by atomic mass is 10.0. The summed E-state index contributed by atoms with van der Waals surface area (Å²) in [5, 5.41) is 4.39. The van der Waals surface area contributed by atoms with Gasteiger partial charge in [0, 0.05) is 32.6 Å². The predicted molar refractivity (Wildman–Crippen MR) is 101 cm³/mol. The van der Waals surface area contributed by atoms with Gasteiger partial charge in [-0.05, 0) is 24.1 Å². The summed E-state index contributed by atoms with van der Waals surface area (Å²) in [5.74, 6) is 0.232. The van der Waals surface area contributed by atoms with Gasteiger partial charge in [0.15, 0.2) is 0 Å². The minimum Gasteiger partial charge on any atom is -0.399 e. The zero-order valence-corrected chi connectivity index (χ0v) is 14.9. The van der Waals surface area contributed by atoms with Crippen LogP contribution in [-0.2, 0) is 6.42 Å². The van der Waals surface area contributed by atoms with E-state index in [1.54, 1.807) is 23.5 Å². The summed E-state index contributed by atoms with van der Waals surface area (Å²) in [6, 6.07) is 13.7. The van der Waals surface area contributed by atoms with Crippen LogP contribution in [0.1, 0.15) is 23.4 Å². The molecule has 1 atom stereocenters. The Morgan fingerprint density at radius 3 is 2.43 bits per heavy atom. The fraction of sp³-hybridized carbons (Fsp3) is 0.167. The number of rotatable bonds is 4. The number of anilines is 1. The third-order valence-corrected chi connectivity index (χ3v) is 5.44. The van der Waals surface area contributed by atoms with Crippen molar-refractivity contribution in [3.05, 3.63) is 68.5 Å². The molecule has 0 fully saturated rings. The van der Waals surface area contributed by atoms with Crippen LogP contribution < -0.4 is 5.73 Å². The molecule has 2 nitrogen and oxygen atoms in total. The normalized spacial score (nSPS) is 12.3. The van der Waals surface area contributed by atoms with Crippen molar-refractivity contribution in [1.29, 1.82) is 0 Å². The number of nitrogens with two attached hydrogens (primary N) is 1. The molecule has 0 aliphatic carbocycles. The highest BCUT2D eigenvalue weighted by molar-refractivity contribution is 7.10. The second kappa shape index (κ2) is 6.91. The first-order valence-corrected chi connectivity index (χ1v) is 8.92. The minimum atomic E-state index is 0.232. The van der Waals surface area contributed by atoms with Crippen LogP contribution in [0.4, 0.5) is 5.69 Å². The van der Waals surface area contributed by atoms with Gasteiger partial charge in [0.25, 0.3) is 0 Å². The summed E-state index contributed by atoms with van der Waals surface area (Å²) in [6.07, 6.45) is 0.736. The minimum absolute atomic E-state index is 0.232. The SMILES string of the molecule is CC(Cc1c(Cl)cc(N)cc1Cl)c1nc(-c2ccccc2)cs1. The van der Waals surface area contributed by atoms with E-state index in [4.69, 9.17) is 33.9 Å². The molecule has 0 spiro atoms. The first-order valence-electron chi connectivity index (χ1n) is 7.29. The fourth-order valence-corrected chi connectivity index (χ4v) is 4.01. The summed E-state index contributed by atoms with van der Waals surface area (Å²) in [4.78, 5) is 4.76. The number of nitrogens with zero attached hydrogens (tertiary/aromatic N) is 1. The smallest absolute Gasteiger partial charge is 0.0964 e. The van der Waals surface area contributed by atoms with Gasteiger partial charge in [-0.25, -0.2) is 4.98 Å². The quantitative estimate of drug-likeness (QED) is 0.574. The first-order chi connectivity index (χ1) is 11.0. The van der Waals surface area contributed by atoms with Gasteiger partial charge in [-0.2, -0.15) is 0 Å². The third kappa shape index (κ3) is 3.69. The number of nitrogen functional groups attached to an aromatic ring is 1. The summed E-state index contributed by atoms with van der Waals surface area (Å²) < 4.78 is 0. The van der Waals surface area contributed by atoms with Gasteiger partial charge in [0.05, 0.1) is 10.7 Å². The third-order valence-electron chi connectivity index (χ3n) is 3.69. The van der Waals surface area contributed by atoms with E-state index < -0.39 is 0 Å². The van der Waals surface area contributed by atoms with E-state index in [0.29, 0.717) is 15.7 Å². The molecule has 1 unspecified atom stereocenters. The first kappa shape index (κ1) is 16.3. The average Bonchev–Trinajstić information content (AvgIpc) is 3.01. The second-order valence-electron chi connectivity index (χ2n) is 5.51. The van der Waals surface area contributed by atoms with E-state index in [0.717, 1.165) is 28.2 Å². The van der Waals surface area contributed by atoms with Crippen LogP contribution in [0.2, 0.25) is 10.0 Å². The van der Waals surface area contributed by atoms with E-state index in [-0.39, 0.29) is 5.92 Å². The topological polar surface area (TPSA) is 38.9 Å². The number of halogens is 2. The van der Waals surface area contributed by atoms with Gasteiger partial charge < -0.3 is 5.73 Å². The van der Waals surface area contributed by atoms with Gasteiger partial charge in [-0.1, -0.05) is 60.5 Å². The van der Waals surface area contributed by atoms with Crippen molar-refractivity contribution in [2.75, 3.05) is 5.73 Å². The van der Waals surface area contributed by atoms with E-state index in [9.17, 15) is 0 Å². The van der Waals surface area contributed by atoms with E-state index in [1.807, 2.05) is 18.2 Å². The largest absolute Gasteiger partial charge is 0.399 e. The van der Waals surface area contributed by atoms with E-state index >= 15 is 0 Å². The lowest BCUT2D eigenvalue weighted by Gasteiger charge is -2.12. The highest BCUT2D eigenvalue weighted by Gasteiger charge is 2.16. The van der Waals surface area contributed by atoms with Gasteiger partial charge >= 0.3 is 0 Å². The van der Waals surface area contributed by atoms with E-state index in [1.165, 1.54) is 0 Å². The molecule has 0 aliphatic heterocycles. The second-order valence-corrected chi connectivity index (χ2v) is 7.21. The van der Waals surface area contributed by atoms with Crippen LogP contribution in [0.15, 0.2) is 47.8 Å². The Hall–Kier alpha value is -1.55. The molecule has 0 bridgehead atoms. The standard InChI is InChI=1S/C18H16Cl2N2S/c1-11(7-14-15(19)8-13(21)9-16(14)20)18-22-17(10-23-18)12-5-3-2-4-6-12/h2-6,8-11H,7,21H2,1H3. The number of hydrogen-bond donors (Lipinski definition) is 1. The molecule has 5 heteroatoms. The number of aromatic nitrogens is 1. The summed E-state index contributed by atoms with van der Waals surface area (Å²) in [7, 11) is 0. The molecule has 0 saturated heterocycles. The molecule has 23 heavy (non-hydrogen) atoms. The van der Waals surface area contributed by atoms with Crippen LogP contribution in [0.5, 0.6) is 0 Å². The zero-order chi connectivity index (χ0) is 16.4. The molecule has 2 aromatic carbocycles. The van der Waals surface area contributed by atoms with Crippen LogP contribution in [0.3, 0.4) is 0 Å². The molecule has 3 rings (SSSR count). The molecule has 0 amide bonds. The highest BCUT2D eigenvalue weighted by Crippen LogP contribution is 2.34. The molecule has 118 valence electrons. The van der Waals surface area contributed by atoms with Crippen molar-refractivity contribution in [2.45, 2.75) is 19.3 Å². The van der Waals surface area contributed by atoms with Crippen LogP contribution in [0, 0.1) is 0 Å². The monoisotopic (exact) mass is 362 g/mol.